The molecule has 0 aliphatic carbocycles. The van der Waals surface area contributed by atoms with Crippen LogP contribution >= 0.6 is 0 Å². The van der Waals surface area contributed by atoms with E-state index in [1.54, 1.807) is 13.2 Å². The highest BCUT2D eigenvalue weighted by Crippen LogP contribution is 2.21. The van der Waals surface area contributed by atoms with Crippen LogP contribution in [0.4, 0.5) is 0 Å². The van der Waals surface area contributed by atoms with Crippen LogP contribution in [0, 0.1) is 0 Å². The molecule has 0 atom stereocenters. The van der Waals surface area contributed by atoms with Crippen LogP contribution in [0.25, 0.3) is 11.5 Å². The Bertz CT molecular complexity index is 493. The number of aromatic nitrogens is 2. The number of ether oxygens (including phenoxy) is 1. The highest BCUT2D eigenvalue weighted by Gasteiger charge is 2.08. The largest absolute Gasteiger partial charge is 0.497 e. The molecule has 0 bridgehead atoms. The van der Waals surface area contributed by atoms with E-state index in [0.717, 1.165) is 11.8 Å². The Labute approximate surface area is 92.0 Å². The molecule has 0 fully saturated rings. The molecule has 2 aromatic rings. The van der Waals surface area contributed by atoms with Crippen molar-refractivity contribution < 1.29 is 14.1 Å². The third-order valence-corrected chi connectivity index (χ3v) is 2.05. The normalized spacial score (nSPS) is 10.1. The molecule has 1 aromatic carbocycles. The van der Waals surface area contributed by atoms with Crippen LogP contribution in [0.1, 0.15) is 5.82 Å². The van der Waals surface area contributed by atoms with Gasteiger partial charge in [0.25, 0.3) is 5.89 Å². The van der Waals surface area contributed by atoms with Gasteiger partial charge in [0.2, 0.25) is 0 Å². The van der Waals surface area contributed by atoms with E-state index >= 15 is 0 Å². The van der Waals surface area contributed by atoms with Crippen molar-refractivity contribution in [3.05, 3.63) is 30.1 Å². The van der Waals surface area contributed by atoms with Crippen molar-refractivity contribution in [3.8, 4) is 17.2 Å². The van der Waals surface area contributed by atoms with Crippen LogP contribution in [-0.4, -0.2) is 23.5 Å². The maximum absolute atomic E-state index is 10.3. The van der Waals surface area contributed by atoms with Crippen molar-refractivity contribution in [2.45, 2.75) is 6.42 Å². The summed E-state index contributed by atoms with van der Waals surface area (Å²) in [5.41, 5.74) is 0.768. The Morgan fingerprint density at radius 2 is 2.38 bits per heavy atom. The summed E-state index contributed by atoms with van der Waals surface area (Å²) in [6.45, 7) is 0. The monoisotopic (exact) mass is 218 g/mol. The average molecular weight is 218 g/mol. The molecule has 2 rings (SSSR count). The Morgan fingerprint density at radius 1 is 1.50 bits per heavy atom. The molecular weight excluding hydrogens is 208 g/mol. The van der Waals surface area contributed by atoms with Crippen LogP contribution in [0.3, 0.4) is 0 Å². The first-order valence-corrected chi connectivity index (χ1v) is 4.74. The first-order valence-electron chi connectivity index (χ1n) is 4.74. The maximum Gasteiger partial charge on any atom is 0.258 e. The van der Waals surface area contributed by atoms with E-state index in [1.807, 2.05) is 18.2 Å². The molecule has 0 aliphatic rings. The van der Waals surface area contributed by atoms with Crippen LogP contribution in [0.5, 0.6) is 5.75 Å². The Hall–Kier alpha value is -2.17. The van der Waals surface area contributed by atoms with Gasteiger partial charge in [0.05, 0.1) is 13.5 Å². The number of benzene rings is 1. The average Bonchev–Trinajstić information content (AvgIpc) is 2.78. The lowest BCUT2D eigenvalue weighted by molar-refractivity contribution is -0.107. The van der Waals surface area contributed by atoms with Gasteiger partial charge in [-0.05, 0) is 18.2 Å². The Kier molecular flexibility index (Phi) is 2.95. The van der Waals surface area contributed by atoms with E-state index in [2.05, 4.69) is 10.1 Å². The molecule has 0 amide bonds. The van der Waals surface area contributed by atoms with Gasteiger partial charge in [-0.2, -0.15) is 4.98 Å². The minimum absolute atomic E-state index is 0.160. The molecule has 16 heavy (non-hydrogen) atoms. The third-order valence-electron chi connectivity index (χ3n) is 2.05. The predicted octanol–water partition coefficient (Wildman–Crippen LogP) is 1.49. The lowest BCUT2D eigenvalue weighted by Crippen LogP contribution is -1.88. The SMILES string of the molecule is COc1cccc(-c2nc(CC=O)no2)c1. The second kappa shape index (κ2) is 4.57. The van der Waals surface area contributed by atoms with Gasteiger partial charge >= 0.3 is 0 Å². The van der Waals surface area contributed by atoms with Crippen molar-refractivity contribution in [3.63, 3.8) is 0 Å². The molecule has 0 spiro atoms. The van der Waals surface area contributed by atoms with Crippen LogP contribution < -0.4 is 4.74 Å². The predicted molar refractivity (Wildman–Crippen MR) is 56.1 cm³/mol. The van der Waals surface area contributed by atoms with E-state index in [1.165, 1.54) is 0 Å². The summed E-state index contributed by atoms with van der Waals surface area (Å²) in [7, 11) is 1.59. The third kappa shape index (κ3) is 2.08. The molecule has 0 radical (unpaired) electrons. The van der Waals surface area contributed by atoms with Gasteiger partial charge in [-0.25, -0.2) is 0 Å². The number of hydrogen-bond acceptors (Lipinski definition) is 5. The first-order chi connectivity index (χ1) is 7.83. The fraction of sp³-hybridized carbons (Fsp3) is 0.182. The Balaban J connectivity index is 2.30. The summed E-state index contributed by atoms with van der Waals surface area (Å²) in [4.78, 5) is 14.4. The minimum Gasteiger partial charge on any atom is -0.497 e. The molecule has 1 aromatic heterocycles. The summed E-state index contributed by atoms with van der Waals surface area (Å²) < 4.78 is 10.1. The van der Waals surface area contributed by atoms with Crippen molar-refractivity contribution in [2.24, 2.45) is 0 Å². The second-order valence-corrected chi connectivity index (χ2v) is 3.12. The number of nitrogens with zero attached hydrogens (tertiary/aromatic N) is 2. The lowest BCUT2D eigenvalue weighted by Gasteiger charge is -1.99. The van der Waals surface area contributed by atoms with E-state index in [9.17, 15) is 4.79 Å². The highest BCUT2D eigenvalue weighted by molar-refractivity contribution is 5.57. The van der Waals surface area contributed by atoms with E-state index in [-0.39, 0.29) is 6.42 Å². The molecule has 1 heterocycles. The maximum atomic E-state index is 10.3. The van der Waals surface area contributed by atoms with Gasteiger partial charge in [-0.1, -0.05) is 11.2 Å². The second-order valence-electron chi connectivity index (χ2n) is 3.12. The number of carbonyl (C=O) groups is 1. The molecule has 5 nitrogen and oxygen atoms in total. The zero-order chi connectivity index (χ0) is 11.4. The Morgan fingerprint density at radius 3 is 3.12 bits per heavy atom. The molecule has 82 valence electrons. The fourth-order valence-corrected chi connectivity index (χ4v) is 1.28. The van der Waals surface area contributed by atoms with E-state index < -0.39 is 0 Å². The molecule has 0 N–H and O–H groups in total. The van der Waals surface area contributed by atoms with Gasteiger partial charge in [0, 0.05) is 5.56 Å². The zero-order valence-corrected chi connectivity index (χ0v) is 8.71. The van der Waals surface area contributed by atoms with Gasteiger partial charge in [-0.3, -0.25) is 0 Å². The van der Waals surface area contributed by atoms with E-state index in [0.29, 0.717) is 17.5 Å². The molecule has 0 saturated heterocycles. The molecule has 0 aliphatic heterocycles. The highest BCUT2D eigenvalue weighted by atomic mass is 16.5. The fourth-order valence-electron chi connectivity index (χ4n) is 1.28. The number of hydrogen-bond donors (Lipinski definition) is 0. The van der Waals surface area contributed by atoms with Gasteiger partial charge < -0.3 is 14.1 Å². The van der Waals surface area contributed by atoms with Crippen LogP contribution in [0.2, 0.25) is 0 Å². The van der Waals surface area contributed by atoms with Gasteiger partial charge in [0.15, 0.2) is 5.82 Å². The van der Waals surface area contributed by atoms with Crippen LogP contribution in [0.15, 0.2) is 28.8 Å². The molecule has 5 heteroatoms. The van der Waals surface area contributed by atoms with Crippen molar-refractivity contribution in [1.29, 1.82) is 0 Å². The summed E-state index contributed by atoms with van der Waals surface area (Å²) in [6, 6.07) is 7.28. The minimum atomic E-state index is 0.160. The lowest BCUT2D eigenvalue weighted by atomic mass is 10.2. The zero-order valence-electron chi connectivity index (χ0n) is 8.71. The number of rotatable bonds is 4. The molecule has 0 saturated carbocycles. The van der Waals surface area contributed by atoms with Crippen molar-refractivity contribution in [1.82, 2.24) is 10.1 Å². The standard InChI is InChI=1S/C11H10N2O3/c1-15-9-4-2-3-8(7-9)11-12-10(5-6-14)13-16-11/h2-4,6-7H,5H2,1H3. The topological polar surface area (TPSA) is 65.2 Å². The smallest absolute Gasteiger partial charge is 0.258 e. The first kappa shape index (κ1) is 10.4. The van der Waals surface area contributed by atoms with Crippen molar-refractivity contribution in [2.75, 3.05) is 7.11 Å². The summed E-state index contributed by atoms with van der Waals surface area (Å²) >= 11 is 0. The van der Waals surface area contributed by atoms with E-state index in [4.69, 9.17) is 9.26 Å². The number of aldehydes is 1. The summed E-state index contributed by atoms with van der Waals surface area (Å²) in [5.74, 6) is 1.48. The van der Waals surface area contributed by atoms with Gasteiger partial charge in [0.1, 0.15) is 12.0 Å². The van der Waals surface area contributed by atoms with Gasteiger partial charge in [-0.15, -0.1) is 0 Å². The number of methoxy groups -OCH3 is 1. The van der Waals surface area contributed by atoms with Crippen LogP contribution in [-0.2, 0) is 11.2 Å². The molecule has 0 unspecified atom stereocenters. The van der Waals surface area contributed by atoms with Crippen molar-refractivity contribution >= 4 is 6.29 Å². The summed E-state index contributed by atoms with van der Waals surface area (Å²) in [6.07, 6.45) is 0.897. The number of carbonyl (C=O) groups excluding carboxylic acids is 1. The quantitative estimate of drug-likeness (QED) is 0.727. The molecular formula is C11H10N2O3. The summed E-state index contributed by atoms with van der Waals surface area (Å²) in [5, 5.41) is 3.68.